The van der Waals surface area contributed by atoms with Gasteiger partial charge in [-0.3, -0.25) is 9.78 Å². The smallest absolute Gasteiger partial charge is 0.342 e. The van der Waals surface area contributed by atoms with Gasteiger partial charge in [-0.2, -0.15) is 0 Å². The molecule has 2 aromatic rings. The topological polar surface area (TPSA) is 84.1 Å². The summed E-state index contributed by atoms with van der Waals surface area (Å²) in [5.41, 5.74) is 2.25. The van der Waals surface area contributed by atoms with Crippen LogP contribution >= 0.6 is 0 Å². The van der Waals surface area contributed by atoms with Gasteiger partial charge in [0.05, 0.1) is 18.7 Å². The summed E-state index contributed by atoms with van der Waals surface area (Å²) in [7, 11) is 0. The van der Waals surface area contributed by atoms with Crippen LogP contribution in [-0.4, -0.2) is 28.5 Å². The van der Waals surface area contributed by atoms with Crippen LogP contribution in [0.5, 0.6) is 0 Å². The number of nitrogens with one attached hydrogen (secondary N) is 2. The van der Waals surface area contributed by atoms with Gasteiger partial charge in [0.1, 0.15) is 5.56 Å². The second-order valence-corrected chi connectivity index (χ2v) is 4.51. The molecule has 0 bridgehead atoms. The van der Waals surface area contributed by atoms with Gasteiger partial charge in [-0.1, -0.05) is 6.07 Å². The van der Waals surface area contributed by atoms with E-state index in [1.54, 1.807) is 38.5 Å². The fraction of sp³-hybridized carbons (Fsp3) is 0.267. The highest BCUT2D eigenvalue weighted by Gasteiger charge is 2.19. The van der Waals surface area contributed by atoms with Gasteiger partial charge >= 0.3 is 5.97 Å². The van der Waals surface area contributed by atoms with Crippen molar-refractivity contribution < 1.29 is 14.3 Å². The third kappa shape index (κ3) is 3.68. The van der Waals surface area contributed by atoms with Gasteiger partial charge in [0, 0.05) is 24.3 Å². The molecule has 0 radical (unpaired) electrons. The van der Waals surface area contributed by atoms with Crippen LogP contribution in [0, 0.1) is 6.92 Å². The normalized spacial score (nSPS) is 10.2. The summed E-state index contributed by atoms with van der Waals surface area (Å²) in [5, 5.41) is 2.72. The van der Waals surface area contributed by atoms with E-state index in [2.05, 4.69) is 15.3 Å². The number of hydrogen-bond donors (Lipinski definition) is 2. The molecule has 0 unspecified atom stereocenters. The molecule has 2 aromatic heterocycles. The number of H-pyrrole nitrogens is 1. The molecular formula is C15H17N3O3. The van der Waals surface area contributed by atoms with Crippen LogP contribution in [0.2, 0.25) is 0 Å². The first-order valence-electron chi connectivity index (χ1n) is 6.65. The molecule has 6 nitrogen and oxygen atoms in total. The highest BCUT2D eigenvalue weighted by molar-refractivity contribution is 6.02. The van der Waals surface area contributed by atoms with Crippen molar-refractivity contribution in [1.82, 2.24) is 9.97 Å². The zero-order chi connectivity index (χ0) is 15.2. The minimum absolute atomic E-state index is 0.195. The lowest BCUT2D eigenvalue weighted by Crippen LogP contribution is -2.17. The highest BCUT2D eigenvalue weighted by atomic mass is 16.5. The Morgan fingerprint density at radius 1 is 1.43 bits per heavy atom. The van der Waals surface area contributed by atoms with Crippen LogP contribution in [0.1, 0.15) is 28.5 Å². The van der Waals surface area contributed by atoms with E-state index in [-0.39, 0.29) is 18.9 Å². The quantitative estimate of drug-likeness (QED) is 0.825. The Labute approximate surface area is 122 Å². The van der Waals surface area contributed by atoms with E-state index in [4.69, 9.17) is 4.74 Å². The number of ether oxygens (including phenoxy) is 1. The minimum atomic E-state index is -0.451. The second kappa shape index (κ2) is 6.69. The SMILES string of the molecule is CCOC(=O)c1c(NC(=O)Cc2cccnc2)c[nH]c1C. The van der Waals surface area contributed by atoms with E-state index >= 15 is 0 Å². The van der Waals surface area contributed by atoms with Crippen LogP contribution in [0.25, 0.3) is 0 Å². The standard InChI is InChI=1S/C15H17N3O3/c1-3-21-15(20)14-10(2)17-9-12(14)18-13(19)7-11-5-4-6-16-8-11/h4-6,8-9,17H,3,7H2,1-2H3,(H,18,19). The molecule has 2 heterocycles. The van der Waals surface area contributed by atoms with Crippen molar-refractivity contribution in [3.8, 4) is 0 Å². The van der Waals surface area contributed by atoms with Gasteiger partial charge in [0.25, 0.3) is 0 Å². The number of hydrogen-bond acceptors (Lipinski definition) is 4. The lowest BCUT2D eigenvalue weighted by molar-refractivity contribution is -0.115. The van der Waals surface area contributed by atoms with Crippen molar-refractivity contribution in [2.75, 3.05) is 11.9 Å². The molecule has 0 aliphatic heterocycles. The largest absolute Gasteiger partial charge is 0.462 e. The van der Waals surface area contributed by atoms with Crippen LogP contribution in [-0.2, 0) is 16.0 Å². The van der Waals surface area contributed by atoms with Crippen molar-refractivity contribution in [3.63, 3.8) is 0 Å². The van der Waals surface area contributed by atoms with Crippen LogP contribution in [0.4, 0.5) is 5.69 Å². The second-order valence-electron chi connectivity index (χ2n) is 4.51. The molecule has 1 amide bonds. The summed E-state index contributed by atoms with van der Waals surface area (Å²) < 4.78 is 4.99. The molecule has 2 rings (SSSR count). The molecule has 2 N–H and O–H groups in total. The van der Waals surface area contributed by atoms with Gasteiger partial charge in [0.15, 0.2) is 0 Å². The van der Waals surface area contributed by atoms with E-state index in [0.29, 0.717) is 16.9 Å². The third-order valence-electron chi connectivity index (χ3n) is 2.92. The van der Waals surface area contributed by atoms with Crippen molar-refractivity contribution in [1.29, 1.82) is 0 Å². The van der Waals surface area contributed by atoms with E-state index in [1.807, 2.05) is 6.07 Å². The average Bonchev–Trinajstić information content (AvgIpc) is 2.81. The summed E-state index contributed by atoms with van der Waals surface area (Å²) in [6.07, 6.45) is 5.06. The Morgan fingerprint density at radius 2 is 2.24 bits per heavy atom. The first-order chi connectivity index (χ1) is 10.1. The van der Waals surface area contributed by atoms with Crippen molar-refractivity contribution in [2.45, 2.75) is 20.3 Å². The lowest BCUT2D eigenvalue weighted by Gasteiger charge is -2.07. The molecule has 0 aliphatic rings. The number of nitrogens with zero attached hydrogens (tertiary/aromatic N) is 1. The monoisotopic (exact) mass is 287 g/mol. The van der Waals surface area contributed by atoms with Gasteiger partial charge in [-0.15, -0.1) is 0 Å². The van der Waals surface area contributed by atoms with Gasteiger partial charge in [-0.05, 0) is 25.5 Å². The fourth-order valence-corrected chi connectivity index (χ4v) is 1.97. The summed E-state index contributed by atoms with van der Waals surface area (Å²) in [6, 6.07) is 3.59. The molecule has 21 heavy (non-hydrogen) atoms. The zero-order valence-corrected chi connectivity index (χ0v) is 12.0. The van der Waals surface area contributed by atoms with E-state index < -0.39 is 5.97 Å². The number of aryl methyl sites for hydroxylation is 1. The van der Waals surface area contributed by atoms with E-state index in [1.165, 1.54) is 0 Å². The van der Waals surface area contributed by atoms with Gasteiger partial charge in [0.2, 0.25) is 5.91 Å². The first kappa shape index (κ1) is 14.8. The summed E-state index contributed by atoms with van der Waals surface area (Å²) in [5.74, 6) is -0.666. The molecule has 110 valence electrons. The number of amides is 1. The Kier molecular flexibility index (Phi) is 4.71. The maximum atomic E-state index is 12.0. The number of pyridine rings is 1. The highest BCUT2D eigenvalue weighted by Crippen LogP contribution is 2.20. The molecule has 0 saturated heterocycles. The predicted octanol–water partition coefficient (Wildman–Crippen LogP) is 2.08. The van der Waals surface area contributed by atoms with Crippen LogP contribution in [0.3, 0.4) is 0 Å². The van der Waals surface area contributed by atoms with Crippen molar-refractivity contribution in [2.24, 2.45) is 0 Å². The van der Waals surface area contributed by atoms with Gasteiger partial charge < -0.3 is 15.0 Å². The number of rotatable bonds is 5. The Morgan fingerprint density at radius 3 is 2.90 bits per heavy atom. The molecule has 0 fully saturated rings. The van der Waals surface area contributed by atoms with E-state index in [0.717, 1.165) is 5.56 Å². The summed E-state index contributed by atoms with van der Waals surface area (Å²) in [4.78, 5) is 30.8. The molecule has 0 aromatic carbocycles. The molecule has 0 atom stereocenters. The zero-order valence-electron chi connectivity index (χ0n) is 12.0. The minimum Gasteiger partial charge on any atom is -0.462 e. The average molecular weight is 287 g/mol. The van der Waals surface area contributed by atoms with E-state index in [9.17, 15) is 9.59 Å². The maximum absolute atomic E-state index is 12.0. The molecule has 0 spiro atoms. The van der Waals surface area contributed by atoms with Crippen molar-refractivity contribution in [3.05, 3.63) is 47.5 Å². The summed E-state index contributed by atoms with van der Waals surface area (Å²) >= 11 is 0. The Balaban J connectivity index is 2.09. The molecule has 6 heteroatoms. The Bertz CT molecular complexity index is 635. The number of aromatic nitrogens is 2. The van der Waals surface area contributed by atoms with Gasteiger partial charge in [-0.25, -0.2) is 4.79 Å². The molecule has 0 aliphatic carbocycles. The number of carbonyl (C=O) groups excluding carboxylic acids is 2. The lowest BCUT2D eigenvalue weighted by atomic mass is 10.2. The third-order valence-corrected chi connectivity index (χ3v) is 2.92. The number of anilines is 1. The maximum Gasteiger partial charge on any atom is 0.342 e. The van der Waals surface area contributed by atoms with Crippen molar-refractivity contribution >= 4 is 17.6 Å². The number of esters is 1. The van der Waals surface area contributed by atoms with Crippen LogP contribution < -0.4 is 5.32 Å². The number of carbonyl (C=O) groups is 2. The first-order valence-corrected chi connectivity index (χ1v) is 6.65. The fourth-order valence-electron chi connectivity index (χ4n) is 1.97. The molecule has 0 saturated carbocycles. The summed E-state index contributed by atoms with van der Waals surface area (Å²) in [6.45, 7) is 3.77. The molecular weight excluding hydrogens is 270 g/mol. The Hall–Kier alpha value is -2.63. The number of aromatic amines is 1. The predicted molar refractivity (Wildman–Crippen MR) is 78.1 cm³/mol. The van der Waals surface area contributed by atoms with Crippen LogP contribution in [0.15, 0.2) is 30.7 Å².